The van der Waals surface area contributed by atoms with Gasteiger partial charge >= 0.3 is 0 Å². The Kier molecular flexibility index (Phi) is 6.88. The van der Waals surface area contributed by atoms with Gasteiger partial charge in [-0.15, -0.1) is 0 Å². The van der Waals surface area contributed by atoms with Crippen molar-refractivity contribution in [3.8, 4) is 11.3 Å². The van der Waals surface area contributed by atoms with Gasteiger partial charge in [0.15, 0.2) is 5.82 Å². The molecule has 0 saturated carbocycles. The number of aromatic nitrogens is 2. The molecule has 7 nitrogen and oxygen atoms in total. The van der Waals surface area contributed by atoms with E-state index in [1.807, 2.05) is 18.4 Å². The smallest absolute Gasteiger partial charge is 0.239 e. The van der Waals surface area contributed by atoms with Crippen molar-refractivity contribution in [3.05, 3.63) is 64.9 Å². The first-order chi connectivity index (χ1) is 16.2. The molecule has 0 aliphatic carbocycles. The molecule has 4 N–H and O–H groups in total. The van der Waals surface area contributed by atoms with Crippen molar-refractivity contribution in [2.75, 3.05) is 11.6 Å². The van der Waals surface area contributed by atoms with Gasteiger partial charge in [-0.25, -0.2) is 19.6 Å². The normalized spacial score (nSPS) is 14.3. The maximum Gasteiger partial charge on any atom is 0.239 e. The number of hydrazine groups is 1. The second-order valence-electron chi connectivity index (χ2n) is 8.82. The van der Waals surface area contributed by atoms with Crippen LogP contribution < -0.4 is 16.6 Å². The Morgan fingerprint density at radius 2 is 1.88 bits per heavy atom. The van der Waals surface area contributed by atoms with Crippen LogP contribution in [0.4, 0.5) is 20.3 Å². The first-order valence-electron chi connectivity index (χ1n) is 11.0. The lowest BCUT2D eigenvalue weighted by atomic mass is 10.0. The van der Waals surface area contributed by atoms with Crippen LogP contribution in [0.15, 0.2) is 42.5 Å². The number of anilines is 2. The van der Waals surface area contributed by atoms with Crippen molar-refractivity contribution in [3.63, 3.8) is 0 Å². The lowest BCUT2D eigenvalue weighted by molar-refractivity contribution is -0.134. The van der Waals surface area contributed by atoms with E-state index in [0.29, 0.717) is 54.0 Å². The summed E-state index contributed by atoms with van der Waals surface area (Å²) in [6.07, 6.45) is 0.592. The minimum absolute atomic E-state index is 0.0156. The topological polar surface area (TPSA) is 93.4 Å². The number of imidazole rings is 1. The Bertz CT molecular complexity index is 1200. The van der Waals surface area contributed by atoms with Gasteiger partial charge in [-0.1, -0.05) is 25.4 Å². The summed E-state index contributed by atoms with van der Waals surface area (Å²) in [5, 5.41) is 1.31. The van der Waals surface area contributed by atoms with Gasteiger partial charge in [0.25, 0.3) is 0 Å². The SMILES string of the molecule is CC(C)C[C@@H](N)C(=O)N1CCn2c(nc(-c3ccc(F)cc3)c2N(N)c2ccc(Cl)c(F)c2)C1. The van der Waals surface area contributed by atoms with Crippen molar-refractivity contribution < 1.29 is 13.6 Å². The quantitative estimate of drug-likeness (QED) is 0.400. The standard InChI is InChI=1S/C24H27ClF2N6O/c1-14(2)11-20(28)24(34)31-9-10-32-21(13-31)30-22(15-3-5-16(26)6-4-15)23(32)33(29)17-7-8-18(25)19(27)12-17/h3-8,12,14,20H,9-11,13,28-29H2,1-2H3/t20-/m1/s1. The molecule has 0 unspecified atom stereocenters. The fraction of sp³-hybridized carbons (Fsp3) is 0.333. The predicted octanol–water partition coefficient (Wildman–Crippen LogP) is 4.21. The summed E-state index contributed by atoms with van der Waals surface area (Å²) in [5.41, 5.74) is 7.63. The van der Waals surface area contributed by atoms with E-state index in [0.717, 1.165) is 0 Å². The molecule has 3 aromatic rings. The Morgan fingerprint density at radius 1 is 1.18 bits per heavy atom. The molecule has 4 rings (SSSR count). The number of rotatable bonds is 6. The van der Waals surface area contributed by atoms with Crippen molar-refractivity contribution in [1.82, 2.24) is 14.5 Å². The van der Waals surface area contributed by atoms with Crippen molar-refractivity contribution in [2.24, 2.45) is 17.5 Å². The average Bonchev–Trinajstić information content (AvgIpc) is 3.18. The zero-order valence-corrected chi connectivity index (χ0v) is 19.8. The highest BCUT2D eigenvalue weighted by Gasteiger charge is 2.31. The molecule has 1 atom stereocenters. The molecule has 34 heavy (non-hydrogen) atoms. The van der Waals surface area contributed by atoms with Crippen molar-refractivity contribution in [1.29, 1.82) is 0 Å². The fourth-order valence-electron chi connectivity index (χ4n) is 4.15. The molecule has 1 amide bonds. The van der Waals surface area contributed by atoms with E-state index < -0.39 is 11.9 Å². The van der Waals surface area contributed by atoms with E-state index in [4.69, 9.17) is 28.2 Å². The van der Waals surface area contributed by atoms with Crippen molar-refractivity contribution >= 4 is 29.0 Å². The Balaban J connectivity index is 1.74. The van der Waals surface area contributed by atoms with E-state index in [2.05, 4.69) is 0 Å². The Morgan fingerprint density at radius 3 is 2.53 bits per heavy atom. The molecule has 180 valence electrons. The molecule has 2 aromatic carbocycles. The lowest BCUT2D eigenvalue weighted by Crippen LogP contribution is -2.47. The number of nitrogens with two attached hydrogens (primary N) is 2. The number of fused-ring (bicyclic) bond motifs is 1. The largest absolute Gasteiger partial charge is 0.332 e. The summed E-state index contributed by atoms with van der Waals surface area (Å²) in [6.45, 7) is 5.14. The van der Waals surface area contributed by atoms with Crippen LogP contribution in [-0.2, 0) is 17.9 Å². The summed E-state index contributed by atoms with van der Waals surface area (Å²) in [4.78, 5) is 19.3. The van der Waals surface area contributed by atoms with Crippen LogP contribution in [-0.4, -0.2) is 32.9 Å². The monoisotopic (exact) mass is 488 g/mol. The first kappa shape index (κ1) is 24.1. The molecule has 0 radical (unpaired) electrons. The number of carbonyl (C=O) groups excluding carboxylic acids is 1. The third-order valence-electron chi connectivity index (χ3n) is 5.83. The second kappa shape index (κ2) is 9.69. The van der Waals surface area contributed by atoms with E-state index in [-0.39, 0.29) is 23.3 Å². The van der Waals surface area contributed by atoms with E-state index >= 15 is 0 Å². The third-order valence-corrected chi connectivity index (χ3v) is 6.13. The van der Waals surface area contributed by atoms with Gasteiger partial charge in [-0.05, 0) is 48.7 Å². The molecule has 0 saturated heterocycles. The zero-order valence-electron chi connectivity index (χ0n) is 19.0. The molecule has 1 aliphatic rings. The van der Waals surface area contributed by atoms with Crippen LogP contribution in [0.5, 0.6) is 0 Å². The fourth-order valence-corrected chi connectivity index (χ4v) is 4.27. The van der Waals surface area contributed by atoms with Crippen LogP contribution in [0.1, 0.15) is 26.1 Å². The minimum atomic E-state index is -0.604. The number of halogens is 3. The van der Waals surface area contributed by atoms with E-state index in [1.165, 1.54) is 29.3 Å². The minimum Gasteiger partial charge on any atom is -0.332 e. The summed E-state index contributed by atoms with van der Waals surface area (Å²) >= 11 is 5.84. The van der Waals surface area contributed by atoms with Gasteiger partial charge in [0.05, 0.1) is 23.3 Å². The Hall–Kier alpha value is -3.01. The highest BCUT2D eigenvalue weighted by Crippen LogP contribution is 2.36. The second-order valence-corrected chi connectivity index (χ2v) is 9.23. The van der Waals surface area contributed by atoms with E-state index in [1.54, 1.807) is 23.1 Å². The van der Waals surface area contributed by atoms with Crippen LogP contribution in [0.2, 0.25) is 5.02 Å². The maximum absolute atomic E-state index is 14.2. The highest BCUT2D eigenvalue weighted by atomic mass is 35.5. The highest BCUT2D eigenvalue weighted by molar-refractivity contribution is 6.30. The predicted molar refractivity (Wildman–Crippen MR) is 128 cm³/mol. The first-order valence-corrected chi connectivity index (χ1v) is 11.4. The number of amides is 1. The van der Waals surface area contributed by atoms with Crippen LogP contribution in [0, 0.1) is 17.6 Å². The number of carbonyl (C=O) groups is 1. The summed E-state index contributed by atoms with van der Waals surface area (Å²) in [6, 6.07) is 9.55. The van der Waals surface area contributed by atoms with Crippen LogP contribution >= 0.6 is 11.6 Å². The molecular weight excluding hydrogens is 462 g/mol. The molecule has 0 bridgehead atoms. The van der Waals surface area contributed by atoms with Gasteiger partial charge in [0.2, 0.25) is 5.91 Å². The molecule has 2 heterocycles. The molecule has 10 heteroatoms. The lowest BCUT2D eigenvalue weighted by Gasteiger charge is -2.32. The molecule has 1 aromatic heterocycles. The average molecular weight is 489 g/mol. The molecular formula is C24H27ClF2N6O. The molecule has 1 aliphatic heterocycles. The van der Waals surface area contributed by atoms with Gasteiger partial charge in [-0.3, -0.25) is 9.80 Å². The molecule has 0 spiro atoms. The van der Waals surface area contributed by atoms with Gasteiger partial charge < -0.3 is 15.2 Å². The summed E-state index contributed by atoms with van der Waals surface area (Å²) in [7, 11) is 0. The van der Waals surface area contributed by atoms with Crippen LogP contribution in [0.3, 0.4) is 0 Å². The third kappa shape index (κ3) is 4.77. The number of nitrogens with zero attached hydrogens (tertiary/aromatic N) is 4. The Labute approximate surface area is 201 Å². The van der Waals surface area contributed by atoms with Gasteiger partial charge in [-0.2, -0.15) is 0 Å². The van der Waals surface area contributed by atoms with E-state index in [9.17, 15) is 13.6 Å². The number of hydrogen-bond acceptors (Lipinski definition) is 5. The molecule has 0 fully saturated rings. The van der Waals surface area contributed by atoms with Crippen molar-refractivity contribution in [2.45, 2.75) is 39.4 Å². The zero-order chi connectivity index (χ0) is 24.6. The number of benzene rings is 2. The summed E-state index contributed by atoms with van der Waals surface area (Å²) in [5.74, 6) is 6.75. The van der Waals surface area contributed by atoms with Gasteiger partial charge in [0.1, 0.15) is 23.2 Å². The van der Waals surface area contributed by atoms with Crippen LogP contribution in [0.25, 0.3) is 11.3 Å². The summed E-state index contributed by atoms with van der Waals surface area (Å²) < 4.78 is 29.6. The van der Waals surface area contributed by atoms with Gasteiger partial charge in [0, 0.05) is 24.7 Å². The maximum atomic E-state index is 14.2. The number of hydrogen-bond donors (Lipinski definition) is 2.